The molecule has 3 rings (SSSR count). The van der Waals surface area contributed by atoms with Crippen LogP contribution in [0, 0.1) is 0 Å². The summed E-state index contributed by atoms with van der Waals surface area (Å²) in [4.78, 5) is 4.07. The molecule has 1 N–H and O–H groups in total. The molecule has 0 bridgehead atoms. The van der Waals surface area contributed by atoms with Gasteiger partial charge in [-0.3, -0.25) is 0 Å². The summed E-state index contributed by atoms with van der Waals surface area (Å²) in [7, 11) is 1.62. The quantitative estimate of drug-likeness (QED) is 0.943. The van der Waals surface area contributed by atoms with E-state index in [1.807, 2.05) is 24.3 Å². The molecule has 0 aliphatic carbocycles. The zero-order valence-corrected chi connectivity index (χ0v) is 12.0. The molecule has 0 radical (unpaired) electrons. The molecule has 7 heteroatoms. The molecule has 21 heavy (non-hydrogen) atoms. The highest BCUT2D eigenvalue weighted by atomic mass is 32.1. The Labute approximate surface area is 123 Å². The molecule has 2 heterocycles. The molecule has 1 unspecified atom stereocenters. The number of hydrogen-bond acceptors (Lipinski definition) is 4. The Morgan fingerprint density at radius 3 is 2.86 bits per heavy atom. The van der Waals surface area contributed by atoms with Crippen LogP contribution < -0.4 is 10.1 Å². The molecule has 0 fully saturated rings. The van der Waals surface area contributed by atoms with E-state index in [4.69, 9.17) is 4.74 Å². The van der Waals surface area contributed by atoms with E-state index in [1.165, 1.54) is 0 Å². The second kappa shape index (κ2) is 5.31. The van der Waals surface area contributed by atoms with Crippen LogP contribution in [-0.2, 0) is 12.7 Å². The minimum Gasteiger partial charge on any atom is -0.492 e. The van der Waals surface area contributed by atoms with E-state index in [-0.39, 0.29) is 17.3 Å². The third kappa shape index (κ3) is 2.63. The van der Waals surface area contributed by atoms with Crippen molar-refractivity contribution in [3.63, 3.8) is 0 Å². The molecule has 0 saturated heterocycles. The first kappa shape index (κ1) is 14.3. The fourth-order valence-corrected chi connectivity index (χ4v) is 3.59. The number of para-hydroxylation sites is 1. The Morgan fingerprint density at radius 2 is 2.14 bits per heavy atom. The van der Waals surface area contributed by atoms with Gasteiger partial charge < -0.3 is 10.1 Å². The number of hydrogen-bond donors (Lipinski definition) is 1. The van der Waals surface area contributed by atoms with Gasteiger partial charge in [0.1, 0.15) is 17.4 Å². The van der Waals surface area contributed by atoms with E-state index in [2.05, 4.69) is 10.3 Å². The second-order valence-electron chi connectivity index (χ2n) is 4.75. The monoisotopic (exact) mass is 314 g/mol. The first-order valence-electron chi connectivity index (χ1n) is 6.44. The molecule has 0 spiro atoms. The molecule has 1 aliphatic rings. The van der Waals surface area contributed by atoms with Crippen LogP contribution in [0.1, 0.15) is 27.1 Å². The van der Waals surface area contributed by atoms with Crippen molar-refractivity contribution in [2.45, 2.75) is 18.6 Å². The van der Waals surface area contributed by atoms with Gasteiger partial charge in [0, 0.05) is 12.1 Å². The highest BCUT2D eigenvalue weighted by Crippen LogP contribution is 2.42. The molecule has 0 amide bonds. The zero-order chi connectivity index (χ0) is 15.0. The number of halogens is 3. The lowest BCUT2D eigenvalue weighted by molar-refractivity contribution is -0.141. The van der Waals surface area contributed by atoms with Gasteiger partial charge in [-0.1, -0.05) is 18.2 Å². The number of thiazole rings is 1. The Hall–Kier alpha value is -1.60. The lowest BCUT2D eigenvalue weighted by Gasteiger charge is -2.05. The van der Waals surface area contributed by atoms with Crippen LogP contribution in [0.2, 0.25) is 0 Å². The topological polar surface area (TPSA) is 34.1 Å². The molecule has 112 valence electrons. The smallest absolute Gasteiger partial charge is 0.434 e. The normalized spacial score (nSPS) is 17.6. The highest BCUT2D eigenvalue weighted by Gasteiger charge is 2.39. The minimum atomic E-state index is -4.43. The van der Waals surface area contributed by atoms with E-state index in [0.29, 0.717) is 11.6 Å². The maximum Gasteiger partial charge on any atom is 0.434 e. The van der Waals surface area contributed by atoms with Gasteiger partial charge in [0.2, 0.25) is 0 Å². The van der Waals surface area contributed by atoms with E-state index in [9.17, 15) is 13.2 Å². The van der Waals surface area contributed by atoms with E-state index >= 15 is 0 Å². The Bertz CT molecular complexity index is 654. The number of fused-ring (bicyclic) bond motifs is 1. The largest absolute Gasteiger partial charge is 0.492 e. The lowest BCUT2D eigenvalue weighted by Crippen LogP contribution is -2.13. The van der Waals surface area contributed by atoms with Crippen molar-refractivity contribution in [1.29, 1.82) is 0 Å². The molecular formula is C14H13F3N2OS. The van der Waals surface area contributed by atoms with Crippen LogP contribution in [0.3, 0.4) is 0 Å². The van der Waals surface area contributed by atoms with Crippen LogP contribution in [0.25, 0.3) is 0 Å². The molecule has 2 aromatic rings. The average molecular weight is 314 g/mol. The minimum absolute atomic E-state index is 0.154. The fourth-order valence-electron chi connectivity index (χ4n) is 2.39. The zero-order valence-electron chi connectivity index (χ0n) is 11.2. The van der Waals surface area contributed by atoms with Crippen molar-refractivity contribution in [3.8, 4) is 5.75 Å². The van der Waals surface area contributed by atoms with Crippen molar-refractivity contribution in [2.24, 2.45) is 0 Å². The van der Waals surface area contributed by atoms with Gasteiger partial charge in [0.05, 0.1) is 10.8 Å². The molecule has 1 aromatic carbocycles. The second-order valence-corrected chi connectivity index (χ2v) is 5.87. The van der Waals surface area contributed by atoms with Crippen LogP contribution in [0.15, 0.2) is 24.3 Å². The van der Waals surface area contributed by atoms with Crippen LogP contribution >= 0.6 is 11.3 Å². The number of nitrogens with zero attached hydrogens (tertiary/aromatic N) is 1. The molecular weight excluding hydrogens is 301 g/mol. The van der Waals surface area contributed by atoms with Crippen molar-refractivity contribution in [1.82, 2.24) is 10.3 Å². The highest BCUT2D eigenvalue weighted by molar-refractivity contribution is 7.11. The fraction of sp³-hybridized carbons (Fsp3) is 0.357. The summed E-state index contributed by atoms with van der Waals surface area (Å²) >= 11 is 1.10. The van der Waals surface area contributed by atoms with Gasteiger partial charge in [-0.2, -0.15) is 13.2 Å². The van der Waals surface area contributed by atoms with Gasteiger partial charge in [-0.15, -0.1) is 11.3 Å². The Morgan fingerprint density at radius 1 is 1.38 bits per heavy atom. The third-order valence-corrected chi connectivity index (χ3v) is 4.49. The first-order chi connectivity index (χ1) is 10.0. The van der Waals surface area contributed by atoms with Crippen LogP contribution in [0.5, 0.6) is 5.75 Å². The van der Waals surface area contributed by atoms with Gasteiger partial charge in [0.15, 0.2) is 5.69 Å². The van der Waals surface area contributed by atoms with Crippen LogP contribution in [-0.4, -0.2) is 18.6 Å². The number of benzene rings is 1. The number of rotatable bonds is 3. The first-order valence-corrected chi connectivity index (χ1v) is 7.25. The van der Waals surface area contributed by atoms with E-state index < -0.39 is 11.9 Å². The number of alkyl halides is 3. The molecule has 1 atom stereocenters. The third-order valence-electron chi connectivity index (χ3n) is 3.32. The van der Waals surface area contributed by atoms with E-state index in [0.717, 1.165) is 22.6 Å². The molecule has 1 aromatic heterocycles. The van der Waals surface area contributed by atoms with Crippen molar-refractivity contribution < 1.29 is 17.9 Å². The van der Waals surface area contributed by atoms with Crippen molar-refractivity contribution in [2.75, 3.05) is 13.7 Å². The van der Waals surface area contributed by atoms with Crippen molar-refractivity contribution in [3.05, 3.63) is 45.4 Å². The van der Waals surface area contributed by atoms with Gasteiger partial charge in [-0.25, -0.2) is 4.98 Å². The van der Waals surface area contributed by atoms with Crippen LogP contribution in [0.4, 0.5) is 13.2 Å². The summed E-state index contributed by atoms with van der Waals surface area (Å²) in [5.74, 6) is 0.499. The SMILES string of the molecule is CNCc1sc(C2COc3ccccc32)nc1C(F)(F)F. The number of nitrogens with one attached hydrogen (secondary N) is 1. The molecule has 1 aliphatic heterocycles. The Balaban J connectivity index is 2.01. The molecule has 0 saturated carbocycles. The summed E-state index contributed by atoms with van der Waals surface area (Å²) in [6.45, 7) is 0.491. The predicted molar refractivity (Wildman–Crippen MR) is 73.7 cm³/mol. The summed E-state index contributed by atoms with van der Waals surface area (Å²) in [6, 6.07) is 7.39. The maximum absolute atomic E-state index is 13.1. The summed E-state index contributed by atoms with van der Waals surface area (Å²) in [5, 5.41) is 3.21. The number of ether oxygens (including phenoxy) is 1. The maximum atomic E-state index is 13.1. The average Bonchev–Trinajstić information content (AvgIpc) is 3.02. The van der Waals surface area contributed by atoms with E-state index in [1.54, 1.807) is 7.05 Å². The summed E-state index contributed by atoms with van der Waals surface area (Å²) < 4.78 is 44.7. The standard InChI is InChI=1S/C14H13F3N2OS/c1-18-6-11-12(14(15,16)17)19-13(21-11)9-7-20-10-5-3-2-4-8(9)10/h2-5,9,18H,6-7H2,1H3. The van der Waals surface area contributed by atoms with Gasteiger partial charge in [-0.05, 0) is 13.1 Å². The lowest BCUT2D eigenvalue weighted by atomic mass is 10.0. The summed E-state index contributed by atoms with van der Waals surface area (Å²) in [5.41, 5.74) is 0.109. The van der Waals surface area contributed by atoms with Gasteiger partial charge in [0.25, 0.3) is 0 Å². The van der Waals surface area contributed by atoms with Crippen molar-refractivity contribution >= 4 is 11.3 Å². The molecule has 3 nitrogen and oxygen atoms in total. The number of aromatic nitrogens is 1. The Kier molecular flexibility index (Phi) is 3.62. The predicted octanol–water partition coefficient (Wildman–Crippen LogP) is 3.41. The summed E-state index contributed by atoms with van der Waals surface area (Å²) in [6.07, 6.45) is -4.43. The van der Waals surface area contributed by atoms with Gasteiger partial charge >= 0.3 is 6.18 Å².